The molecule has 6 heteroatoms. The molecule has 74 valence electrons. The molecule has 0 aromatic carbocycles. The quantitative estimate of drug-likeness (QED) is 0.371. The second kappa shape index (κ2) is 3.68. The molecule has 1 aliphatic carbocycles. The molecule has 0 radical (unpaired) electrons. The van der Waals surface area contributed by atoms with Crippen molar-refractivity contribution in [3.05, 3.63) is 26.1 Å². The van der Waals surface area contributed by atoms with Crippen LogP contribution < -0.4 is 4.74 Å². The maximum absolute atomic E-state index is 10.6. The van der Waals surface area contributed by atoms with E-state index in [1.54, 1.807) is 6.07 Å². The molecular formula is C8H7IN2O3. The molecule has 0 saturated heterocycles. The first-order valence-corrected chi connectivity index (χ1v) is 5.21. The zero-order chi connectivity index (χ0) is 10.1. The van der Waals surface area contributed by atoms with Crippen LogP contribution in [0.1, 0.15) is 12.8 Å². The molecule has 1 aromatic heterocycles. The minimum absolute atomic E-state index is 0.0580. The molecule has 0 aliphatic heterocycles. The second-order valence-corrected chi connectivity index (χ2v) is 4.15. The molecule has 1 saturated carbocycles. The molecule has 5 nitrogen and oxygen atoms in total. The van der Waals surface area contributed by atoms with Gasteiger partial charge in [-0.25, -0.2) is 4.98 Å². The van der Waals surface area contributed by atoms with Crippen molar-refractivity contribution in [3.63, 3.8) is 0 Å². The molecule has 2 rings (SSSR count). The summed E-state index contributed by atoms with van der Waals surface area (Å²) in [5, 5.41) is 10.6. The Morgan fingerprint density at radius 3 is 2.93 bits per heavy atom. The Balaban J connectivity index is 2.31. The molecule has 0 atom stereocenters. The van der Waals surface area contributed by atoms with Crippen molar-refractivity contribution in [1.29, 1.82) is 0 Å². The van der Waals surface area contributed by atoms with Crippen LogP contribution in [-0.4, -0.2) is 16.0 Å². The lowest BCUT2D eigenvalue weighted by Crippen LogP contribution is -2.01. The summed E-state index contributed by atoms with van der Waals surface area (Å²) in [6.07, 6.45) is 3.36. The van der Waals surface area contributed by atoms with Crippen LogP contribution in [0.5, 0.6) is 5.75 Å². The van der Waals surface area contributed by atoms with Crippen LogP contribution in [0.15, 0.2) is 12.3 Å². The van der Waals surface area contributed by atoms with Gasteiger partial charge >= 0.3 is 5.69 Å². The van der Waals surface area contributed by atoms with E-state index in [1.807, 2.05) is 22.6 Å². The highest BCUT2D eigenvalue weighted by atomic mass is 127. The lowest BCUT2D eigenvalue weighted by atomic mass is 10.4. The zero-order valence-corrected chi connectivity index (χ0v) is 9.30. The maximum Gasteiger partial charge on any atom is 0.329 e. The summed E-state index contributed by atoms with van der Waals surface area (Å²) in [5.41, 5.74) is -0.0580. The van der Waals surface area contributed by atoms with Gasteiger partial charge in [-0.15, -0.1) is 0 Å². The molecule has 1 aliphatic rings. The zero-order valence-electron chi connectivity index (χ0n) is 7.14. The largest absolute Gasteiger partial charge is 0.483 e. The fourth-order valence-electron chi connectivity index (χ4n) is 1.00. The first kappa shape index (κ1) is 9.63. The van der Waals surface area contributed by atoms with Crippen molar-refractivity contribution in [2.45, 2.75) is 18.9 Å². The van der Waals surface area contributed by atoms with E-state index in [9.17, 15) is 10.1 Å². The Morgan fingerprint density at radius 1 is 1.64 bits per heavy atom. The van der Waals surface area contributed by atoms with E-state index >= 15 is 0 Å². The molecule has 0 N–H and O–H groups in total. The Bertz CT molecular complexity index is 379. The van der Waals surface area contributed by atoms with Gasteiger partial charge in [-0.05, 0) is 35.4 Å². The summed E-state index contributed by atoms with van der Waals surface area (Å²) < 4.78 is 6.11. The molecule has 0 unspecified atom stereocenters. The summed E-state index contributed by atoms with van der Waals surface area (Å²) in [6.45, 7) is 0. The average molecular weight is 306 g/mol. The summed E-state index contributed by atoms with van der Waals surface area (Å²) in [7, 11) is 0. The van der Waals surface area contributed by atoms with Gasteiger partial charge in [0.15, 0.2) is 0 Å². The third-order valence-corrected chi connectivity index (χ3v) is 2.42. The van der Waals surface area contributed by atoms with Gasteiger partial charge in [0.1, 0.15) is 9.90 Å². The van der Waals surface area contributed by atoms with Crippen LogP contribution in [-0.2, 0) is 0 Å². The Hall–Kier alpha value is -0.920. The summed E-state index contributed by atoms with van der Waals surface area (Å²) >= 11 is 2.00. The number of nitro groups is 1. The molecule has 1 aromatic rings. The molecule has 0 bridgehead atoms. The number of aromatic nitrogens is 1. The van der Waals surface area contributed by atoms with E-state index in [0.29, 0.717) is 9.45 Å². The van der Waals surface area contributed by atoms with Crippen LogP contribution >= 0.6 is 22.6 Å². The first-order valence-electron chi connectivity index (χ1n) is 4.13. The van der Waals surface area contributed by atoms with Crippen LogP contribution in [0.4, 0.5) is 5.69 Å². The highest BCUT2D eigenvalue weighted by Gasteiger charge is 2.27. The molecule has 0 amide bonds. The normalized spacial score (nSPS) is 15.2. The predicted molar refractivity (Wildman–Crippen MR) is 57.3 cm³/mol. The molecule has 0 spiro atoms. The fraction of sp³-hybridized carbons (Fsp3) is 0.375. The van der Waals surface area contributed by atoms with E-state index in [2.05, 4.69) is 4.98 Å². The molecular weight excluding hydrogens is 299 g/mol. The smallest absolute Gasteiger partial charge is 0.329 e. The van der Waals surface area contributed by atoms with Gasteiger partial charge in [-0.2, -0.15) is 0 Å². The van der Waals surface area contributed by atoms with Crippen molar-refractivity contribution in [2.24, 2.45) is 0 Å². The number of rotatable bonds is 3. The van der Waals surface area contributed by atoms with Gasteiger partial charge in [0.05, 0.1) is 11.0 Å². The highest BCUT2D eigenvalue weighted by Crippen LogP contribution is 2.33. The Morgan fingerprint density at radius 2 is 2.36 bits per heavy atom. The van der Waals surface area contributed by atoms with Crippen molar-refractivity contribution in [1.82, 2.24) is 4.98 Å². The Labute approximate surface area is 93.8 Å². The highest BCUT2D eigenvalue weighted by molar-refractivity contribution is 14.1. The number of nitrogens with zero attached hydrogens (tertiary/aromatic N) is 2. The third-order valence-electron chi connectivity index (χ3n) is 1.83. The number of hydrogen-bond donors (Lipinski definition) is 0. The fourth-order valence-corrected chi connectivity index (χ4v) is 1.42. The molecule has 14 heavy (non-hydrogen) atoms. The number of halogens is 1. The first-order chi connectivity index (χ1) is 6.66. The van der Waals surface area contributed by atoms with Gasteiger partial charge < -0.3 is 4.74 Å². The second-order valence-electron chi connectivity index (χ2n) is 3.05. The molecule has 1 fully saturated rings. The van der Waals surface area contributed by atoms with Crippen LogP contribution in [0.3, 0.4) is 0 Å². The standard InChI is InChI=1S/C8H7IN2O3/c9-8-3-7(14-5-1-2-5)6(4-10-8)11(12)13/h3-5H,1-2H2. The summed E-state index contributed by atoms with van der Waals surface area (Å²) in [5.74, 6) is 0.330. The SMILES string of the molecule is O=[N+]([O-])c1cnc(I)cc1OC1CC1. The number of hydrogen-bond acceptors (Lipinski definition) is 4. The van der Waals surface area contributed by atoms with Gasteiger partial charge in [-0.1, -0.05) is 0 Å². The van der Waals surface area contributed by atoms with Gasteiger partial charge in [0.25, 0.3) is 0 Å². The summed E-state index contributed by atoms with van der Waals surface area (Å²) in [6, 6.07) is 1.59. The monoisotopic (exact) mass is 306 g/mol. The lowest BCUT2D eigenvalue weighted by molar-refractivity contribution is -0.386. The minimum Gasteiger partial charge on any atom is -0.483 e. The predicted octanol–water partition coefficient (Wildman–Crippen LogP) is 2.14. The van der Waals surface area contributed by atoms with Crippen LogP contribution in [0.25, 0.3) is 0 Å². The molecule has 1 heterocycles. The van der Waals surface area contributed by atoms with Crippen LogP contribution in [0.2, 0.25) is 0 Å². The summed E-state index contributed by atoms with van der Waals surface area (Å²) in [4.78, 5) is 14.0. The number of pyridine rings is 1. The van der Waals surface area contributed by atoms with E-state index < -0.39 is 4.92 Å². The lowest BCUT2D eigenvalue weighted by Gasteiger charge is -2.04. The van der Waals surface area contributed by atoms with Crippen LogP contribution in [0, 0.1) is 13.8 Å². The van der Waals surface area contributed by atoms with Crippen molar-refractivity contribution < 1.29 is 9.66 Å². The Kier molecular flexibility index (Phi) is 2.53. The number of ether oxygens (including phenoxy) is 1. The average Bonchev–Trinajstić information content (AvgIpc) is 2.87. The maximum atomic E-state index is 10.6. The van der Waals surface area contributed by atoms with E-state index in [-0.39, 0.29) is 11.8 Å². The van der Waals surface area contributed by atoms with Crippen molar-refractivity contribution in [2.75, 3.05) is 0 Å². The van der Waals surface area contributed by atoms with Gasteiger partial charge in [0, 0.05) is 6.07 Å². The van der Waals surface area contributed by atoms with E-state index in [1.165, 1.54) is 6.20 Å². The minimum atomic E-state index is -0.471. The third kappa shape index (κ3) is 2.11. The van der Waals surface area contributed by atoms with Crippen molar-refractivity contribution in [3.8, 4) is 5.75 Å². The van der Waals surface area contributed by atoms with Crippen molar-refractivity contribution >= 4 is 28.3 Å². The van der Waals surface area contributed by atoms with Gasteiger partial charge in [0.2, 0.25) is 5.75 Å². The topological polar surface area (TPSA) is 65.3 Å². The van der Waals surface area contributed by atoms with E-state index in [0.717, 1.165) is 12.8 Å². The van der Waals surface area contributed by atoms with E-state index in [4.69, 9.17) is 4.74 Å². The van der Waals surface area contributed by atoms with Gasteiger partial charge in [-0.3, -0.25) is 10.1 Å².